The largest absolute Gasteiger partial charge is 0.494 e. The fourth-order valence-corrected chi connectivity index (χ4v) is 5.99. The molecule has 0 saturated carbocycles. The van der Waals surface area contributed by atoms with Crippen LogP contribution in [0, 0.1) is 11.2 Å². The van der Waals surface area contributed by atoms with Gasteiger partial charge in [-0.1, -0.05) is 13.8 Å². The van der Waals surface area contributed by atoms with Crippen molar-refractivity contribution in [3.05, 3.63) is 54.0 Å². The molecule has 1 aromatic heterocycles. The number of ether oxygens (including phenoxy) is 1. The second-order valence-electron chi connectivity index (χ2n) is 8.83. The Hall–Kier alpha value is -2.98. The molecule has 2 aromatic carbocycles. The van der Waals surface area contributed by atoms with Crippen molar-refractivity contribution in [1.82, 2.24) is 14.1 Å². The zero-order valence-corrected chi connectivity index (χ0v) is 19.5. The monoisotopic (exact) mass is 475 g/mol. The smallest absolute Gasteiger partial charge is 0.309 e. The molecule has 1 N–H and O–H groups in total. The molecular formula is C23H26FN3O5S. The molecule has 2 heterocycles. The highest BCUT2D eigenvalue weighted by Gasteiger charge is 2.46. The Kier molecular flexibility index (Phi) is 5.92. The van der Waals surface area contributed by atoms with E-state index >= 15 is 0 Å². The predicted molar refractivity (Wildman–Crippen MR) is 120 cm³/mol. The fourth-order valence-electron chi connectivity index (χ4n) is 4.37. The average molecular weight is 476 g/mol. The first-order chi connectivity index (χ1) is 15.5. The Morgan fingerprint density at radius 2 is 1.94 bits per heavy atom. The van der Waals surface area contributed by atoms with Crippen LogP contribution in [0.4, 0.5) is 4.39 Å². The van der Waals surface area contributed by atoms with Crippen molar-refractivity contribution in [2.45, 2.75) is 38.1 Å². The summed E-state index contributed by atoms with van der Waals surface area (Å²) in [7, 11) is -3.79. The van der Waals surface area contributed by atoms with E-state index in [1.165, 1.54) is 34.6 Å². The number of benzene rings is 2. The summed E-state index contributed by atoms with van der Waals surface area (Å²) < 4.78 is 49.2. The van der Waals surface area contributed by atoms with Gasteiger partial charge in [-0.2, -0.15) is 9.40 Å². The van der Waals surface area contributed by atoms with Crippen molar-refractivity contribution in [1.29, 1.82) is 0 Å². The lowest BCUT2D eigenvalue weighted by Gasteiger charge is -2.26. The molecular weight excluding hydrogens is 449 g/mol. The molecule has 0 spiro atoms. The molecule has 1 saturated heterocycles. The molecule has 10 heteroatoms. The third-order valence-electron chi connectivity index (χ3n) is 5.99. The molecule has 1 aliphatic heterocycles. The number of carboxylic acids is 1. The molecule has 0 aliphatic carbocycles. The van der Waals surface area contributed by atoms with Gasteiger partial charge in [-0.15, -0.1) is 0 Å². The van der Waals surface area contributed by atoms with Crippen molar-refractivity contribution in [3.63, 3.8) is 0 Å². The lowest BCUT2D eigenvalue weighted by Crippen LogP contribution is -2.30. The molecule has 1 aliphatic rings. The minimum atomic E-state index is -3.79. The van der Waals surface area contributed by atoms with Crippen LogP contribution < -0.4 is 4.74 Å². The molecule has 0 bridgehead atoms. The van der Waals surface area contributed by atoms with E-state index in [0.29, 0.717) is 29.0 Å². The number of fused-ring (bicyclic) bond motifs is 1. The van der Waals surface area contributed by atoms with Crippen molar-refractivity contribution in [3.8, 4) is 5.75 Å². The molecule has 4 rings (SSSR count). The Balaban J connectivity index is 1.71. The first-order valence-electron chi connectivity index (χ1n) is 10.6. The van der Waals surface area contributed by atoms with Gasteiger partial charge in [-0.25, -0.2) is 12.8 Å². The standard InChI is InChI=1S/C23H26FN3O5S/c1-4-32-16-6-8-17(9-7-16)33(30,31)26-13-21(23(2,3)14-26)27-20-11-15(24)5-10-18(20)19(25-27)12-22(28)29/h5-11,21H,4,12-14H2,1-3H3,(H,28,29)/t21-/m0/s1. The number of aromatic nitrogens is 2. The highest BCUT2D eigenvalue weighted by Crippen LogP contribution is 2.42. The van der Waals surface area contributed by atoms with Gasteiger partial charge < -0.3 is 9.84 Å². The number of sulfonamides is 1. The summed E-state index contributed by atoms with van der Waals surface area (Å²) in [5, 5.41) is 14.3. The molecule has 3 aromatic rings. The van der Waals surface area contributed by atoms with Crippen molar-refractivity contribution in [2.24, 2.45) is 5.41 Å². The molecule has 176 valence electrons. The van der Waals surface area contributed by atoms with Crippen molar-refractivity contribution >= 4 is 26.9 Å². The number of hydrogen-bond donors (Lipinski definition) is 1. The van der Waals surface area contributed by atoms with Gasteiger partial charge in [0.2, 0.25) is 10.0 Å². The molecule has 1 fully saturated rings. The molecule has 0 amide bonds. The lowest BCUT2D eigenvalue weighted by atomic mass is 9.88. The summed E-state index contributed by atoms with van der Waals surface area (Å²) in [6, 6.07) is 9.96. The predicted octanol–water partition coefficient (Wildman–Crippen LogP) is 3.47. The Morgan fingerprint density at radius 1 is 1.24 bits per heavy atom. The first-order valence-corrected chi connectivity index (χ1v) is 12.1. The van der Waals surface area contributed by atoms with Crippen LogP contribution in [0.5, 0.6) is 5.75 Å². The zero-order valence-electron chi connectivity index (χ0n) is 18.7. The van der Waals surface area contributed by atoms with Crippen LogP contribution in [0.15, 0.2) is 47.4 Å². The van der Waals surface area contributed by atoms with Crippen LogP contribution in [0.3, 0.4) is 0 Å². The average Bonchev–Trinajstić information content (AvgIpc) is 3.24. The number of carbonyl (C=O) groups is 1. The number of halogens is 1. The SMILES string of the molecule is CCOc1ccc(S(=O)(=O)N2C[C@H](n3nc(CC(=O)O)c4ccc(F)cc43)C(C)(C)C2)cc1. The maximum atomic E-state index is 14.1. The van der Waals surface area contributed by atoms with Crippen molar-refractivity contribution in [2.75, 3.05) is 19.7 Å². The maximum absolute atomic E-state index is 14.1. The van der Waals surface area contributed by atoms with Gasteiger partial charge in [0.15, 0.2) is 0 Å². The molecule has 33 heavy (non-hydrogen) atoms. The zero-order chi connectivity index (χ0) is 24.0. The Morgan fingerprint density at radius 3 is 2.58 bits per heavy atom. The van der Waals surface area contributed by atoms with Crippen LogP contribution in [-0.4, -0.2) is 53.3 Å². The normalized spacial score (nSPS) is 18.6. The summed E-state index contributed by atoms with van der Waals surface area (Å²) in [6.07, 6.45) is -0.309. The summed E-state index contributed by atoms with van der Waals surface area (Å²) in [5.41, 5.74) is 0.232. The third kappa shape index (κ3) is 4.32. The van der Waals surface area contributed by atoms with E-state index < -0.39 is 33.3 Å². The van der Waals surface area contributed by atoms with Gasteiger partial charge in [0.25, 0.3) is 0 Å². The van der Waals surface area contributed by atoms with Gasteiger partial charge in [-0.05, 0) is 49.4 Å². The van der Waals surface area contributed by atoms with E-state index in [1.807, 2.05) is 20.8 Å². The summed E-state index contributed by atoms with van der Waals surface area (Å²) in [4.78, 5) is 11.5. The van der Waals surface area contributed by atoms with Crippen LogP contribution in [-0.2, 0) is 21.2 Å². The van der Waals surface area contributed by atoms with E-state index in [4.69, 9.17) is 4.74 Å². The summed E-state index contributed by atoms with van der Waals surface area (Å²) in [6.45, 7) is 6.55. The van der Waals surface area contributed by atoms with Crippen molar-refractivity contribution < 1.29 is 27.4 Å². The van der Waals surface area contributed by atoms with Crippen LogP contribution >= 0.6 is 0 Å². The number of carboxylic acid groups (broad SMARTS) is 1. The second-order valence-corrected chi connectivity index (χ2v) is 10.8. The quantitative estimate of drug-likeness (QED) is 0.562. The summed E-state index contributed by atoms with van der Waals surface area (Å²) in [5.74, 6) is -0.927. The lowest BCUT2D eigenvalue weighted by molar-refractivity contribution is -0.136. The van der Waals surface area contributed by atoms with E-state index in [2.05, 4.69) is 5.10 Å². The molecule has 1 atom stereocenters. The number of hydrogen-bond acceptors (Lipinski definition) is 5. The van der Waals surface area contributed by atoms with Crippen LogP contribution in [0.25, 0.3) is 10.9 Å². The highest BCUT2D eigenvalue weighted by atomic mass is 32.2. The molecule has 8 nitrogen and oxygen atoms in total. The maximum Gasteiger partial charge on any atom is 0.309 e. The Bertz CT molecular complexity index is 1300. The number of nitrogens with zero attached hydrogens (tertiary/aromatic N) is 3. The second kappa shape index (κ2) is 8.42. The van der Waals surface area contributed by atoms with E-state index in [9.17, 15) is 22.7 Å². The van der Waals surface area contributed by atoms with Gasteiger partial charge in [0.1, 0.15) is 11.6 Å². The van der Waals surface area contributed by atoms with E-state index in [1.54, 1.807) is 16.8 Å². The van der Waals surface area contributed by atoms with Gasteiger partial charge in [-0.3, -0.25) is 9.48 Å². The first kappa shape index (κ1) is 23.2. The minimum Gasteiger partial charge on any atom is -0.494 e. The van der Waals surface area contributed by atoms with Gasteiger partial charge in [0, 0.05) is 23.9 Å². The van der Waals surface area contributed by atoms with Gasteiger partial charge >= 0.3 is 5.97 Å². The number of aliphatic carboxylic acids is 1. The van der Waals surface area contributed by atoms with Crippen LogP contribution in [0.1, 0.15) is 32.5 Å². The summed E-state index contributed by atoms with van der Waals surface area (Å²) >= 11 is 0. The van der Waals surface area contributed by atoms with E-state index in [-0.39, 0.29) is 24.4 Å². The minimum absolute atomic E-state index is 0.127. The highest BCUT2D eigenvalue weighted by molar-refractivity contribution is 7.89. The Labute approximate surface area is 191 Å². The fraction of sp³-hybridized carbons (Fsp3) is 0.391. The van der Waals surface area contributed by atoms with Gasteiger partial charge in [0.05, 0.1) is 35.2 Å². The van der Waals surface area contributed by atoms with E-state index in [0.717, 1.165) is 0 Å². The third-order valence-corrected chi connectivity index (χ3v) is 7.82. The molecule has 0 unspecified atom stereocenters. The number of rotatable bonds is 7. The molecule has 0 radical (unpaired) electrons. The van der Waals surface area contributed by atoms with Crippen LogP contribution in [0.2, 0.25) is 0 Å². The topological polar surface area (TPSA) is 102 Å².